The van der Waals surface area contributed by atoms with Crippen molar-refractivity contribution in [3.05, 3.63) is 54.6 Å². The summed E-state index contributed by atoms with van der Waals surface area (Å²) < 4.78 is 11.0. The smallest absolute Gasteiger partial charge is 0.308 e. The molecule has 2 rings (SSSR count). The SMILES string of the molecule is CCC(C)C(=O)OCCCCCCOc1ccc(N=Nc2ccccc2)cc1. The van der Waals surface area contributed by atoms with Gasteiger partial charge in [0.15, 0.2) is 0 Å². The zero-order chi connectivity index (χ0) is 20.0. The van der Waals surface area contributed by atoms with Crippen molar-refractivity contribution >= 4 is 17.3 Å². The molecule has 0 bridgehead atoms. The molecule has 0 aromatic heterocycles. The Kier molecular flexibility index (Phi) is 9.76. The fourth-order valence-corrected chi connectivity index (χ4v) is 2.45. The van der Waals surface area contributed by atoms with Crippen molar-refractivity contribution in [3.8, 4) is 5.75 Å². The first kappa shape index (κ1) is 21.6. The van der Waals surface area contributed by atoms with E-state index in [0.717, 1.165) is 49.2 Å². The quantitative estimate of drug-likeness (QED) is 0.235. The summed E-state index contributed by atoms with van der Waals surface area (Å²) >= 11 is 0. The molecule has 0 saturated heterocycles. The summed E-state index contributed by atoms with van der Waals surface area (Å²) in [7, 11) is 0. The first-order valence-corrected chi connectivity index (χ1v) is 10.1. The largest absolute Gasteiger partial charge is 0.494 e. The van der Waals surface area contributed by atoms with Crippen molar-refractivity contribution in [3.63, 3.8) is 0 Å². The first-order valence-electron chi connectivity index (χ1n) is 10.1. The predicted molar refractivity (Wildman–Crippen MR) is 111 cm³/mol. The Balaban J connectivity index is 1.56. The molecule has 0 amide bonds. The van der Waals surface area contributed by atoms with Crippen molar-refractivity contribution in [2.45, 2.75) is 46.0 Å². The maximum Gasteiger partial charge on any atom is 0.308 e. The van der Waals surface area contributed by atoms with Gasteiger partial charge < -0.3 is 9.47 Å². The third-order valence-electron chi connectivity index (χ3n) is 4.44. The summed E-state index contributed by atoms with van der Waals surface area (Å²) in [5, 5.41) is 8.41. The molecule has 1 atom stereocenters. The monoisotopic (exact) mass is 382 g/mol. The lowest BCUT2D eigenvalue weighted by molar-refractivity contribution is -0.148. The van der Waals surface area contributed by atoms with E-state index in [4.69, 9.17) is 9.47 Å². The lowest BCUT2D eigenvalue weighted by Gasteiger charge is -2.09. The molecule has 150 valence electrons. The van der Waals surface area contributed by atoms with E-state index < -0.39 is 0 Å². The zero-order valence-electron chi connectivity index (χ0n) is 16.8. The number of rotatable bonds is 12. The van der Waals surface area contributed by atoms with Crippen LogP contribution in [0.25, 0.3) is 0 Å². The molecular formula is C23H30N2O3. The van der Waals surface area contributed by atoms with Gasteiger partial charge in [0, 0.05) is 0 Å². The lowest BCUT2D eigenvalue weighted by Crippen LogP contribution is -2.14. The average Bonchev–Trinajstić information content (AvgIpc) is 2.74. The molecule has 0 aliphatic rings. The number of carbonyl (C=O) groups excluding carboxylic acids is 1. The van der Waals surface area contributed by atoms with Crippen LogP contribution < -0.4 is 4.74 Å². The third kappa shape index (κ3) is 8.33. The Labute approximate surface area is 167 Å². The Morgan fingerprint density at radius 1 is 0.857 bits per heavy atom. The fourth-order valence-electron chi connectivity index (χ4n) is 2.45. The number of hydrogen-bond acceptors (Lipinski definition) is 5. The van der Waals surface area contributed by atoms with E-state index in [2.05, 4.69) is 10.2 Å². The molecule has 1 unspecified atom stereocenters. The third-order valence-corrected chi connectivity index (χ3v) is 4.44. The van der Waals surface area contributed by atoms with E-state index in [1.807, 2.05) is 68.4 Å². The maximum absolute atomic E-state index is 11.5. The molecule has 5 nitrogen and oxygen atoms in total. The van der Waals surface area contributed by atoms with Crippen molar-refractivity contribution in [1.82, 2.24) is 0 Å². The molecule has 0 aliphatic heterocycles. The number of nitrogens with zero attached hydrogens (tertiary/aromatic N) is 2. The molecular weight excluding hydrogens is 352 g/mol. The van der Waals surface area contributed by atoms with Crippen LogP contribution in [-0.2, 0) is 9.53 Å². The molecule has 28 heavy (non-hydrogen) atoms. The standard InChI is InChI=1S/C23H30N2O3/c1-3-19(2)23(26)28-18-10-5-4-9-17-27-22-15-13-21(14-16-22)25-24-20-11-7-6-8-12-20/h6-8,11-16,19H,3-5,9-10,17-18H2,1-2H3. The first-order chi connectivity index (χ1) is 13.7. The normalized spacial score (nSPS) is 12.1. The van der Waals surface area contributed by atoms with Gasteiger partial charge in [-0.15, -0.1) is 0 Å². The minimum absolute atomic E-state index is 0.000371. The minimum atomic E-state index is -0.0856. The van der Waals surface area contributed by atoms with Crippen molar-refractivity contribution in [1.29, 1.82) is 0 Å². The summed E-state index contributed by atoms with van der Waals surface area (Å²) in [5.41, 5.74) is 1.63. The Hall–Kier alpha value is -2.69. The molecule has 5 heteroatoms. The summed E-state index contributed by atoms with van der Waals surface area (Å²) in [6, 6.07) is 17.3. The summed E-state index contributed by atoms with van der Waals surface area (Å²) in [6.07, 6.45) is 4.81. The number of ether oxygens (including phenoxy) is 2. The Morgan fingerprint density at radius 2 is 1.46 bits per heavy atom. The number of azo groups is 1. The molecule has 0 spiro atoms. The van der Waals surface area contributed by atoms with Crippen LogP contribution in [0.3, 0.4) is 0 Å². The van der Waals surface area contributed by atoms with Crippen LogP contribution in [-0.4, -0.2) is 19.2 Å². The molecule has 0 fully saturated rings. The van der Waals surface area contributed by atoms with Crippen molar-refractivity contribution in [2.24, 2.45) is 16.1 Å². The molecule has 2 aromatic carbocycles. The zero-order valence-corrected chi connectivity index (χ0v) is 16.8. The van der Waals surface area contributed by atoms with Gasteiger partial charge in [-0.05, 0) is 68.5 Å². The predicted octanol–water partition coefficient (Wildman–Crippen LogP) is 6.63. The van der Waals surface area contributed by atoms with E-state index in [-0.39, 0.29) is 11.9 Å². The highest BCUT2D eigenvalue weighted by molar-refractivity contribution is 5.71. The number of hydrogen-bond donors (Lipinski definition) is 0. The van der Waals surface area contributed by atoms with Gasteiger partial charge in [-0.1, -0.05) is 32.0 Å². The molecule has 0 aliphatic carbocycles. The topological polar surface area (TPSA) is 60.2 Å². The number of benzene rings is 2. The second-order valence-corrected chi connectivity index (χ2v) is 6.77. The van der Waals surface area contributed by atoms with Gasteiger partial charge in [-0.3, -0.25) is 4.79 Å². The van der Waals surface area contributed by atoms with Gasteiger partial charge in [0.25, 0.3) is 0 Å². The maximum atomic E-state index is 11.5. The van der Waals surface area contributed by atoms with Gasteiger partial charge in [0.2, 0.25) is 0 Å². The van der Waals surface area contributed by atoms with Crippen LogP contribution in [0.1, 0.15) is 46.0 Å². The number of esters is 1. The van der Waals surface area contributed by atoms with E-state index >= 15 is 0 Å². The van der Waals surface area contributed by atoms with Crippen LogP contribution in [0.15, 0.2) is 64.8 Å². The Morgan fingerprint density at radius 3 is 2.11 bits per heavy atom. The Bertz CT molecular complexity index is 714. The van der Waals surface area contributed by atoms with Crippen LogP contribution in [0.2, 0.25) is 0 Å². The molecule has 0 saturated carbocycles. The van der Waals surface area contributed by atoms with E-state index in [1.54, 1.807) is 0 Å². The van der Waals surface area contributed by atoms with Gasteiger partial charge >= 0.3 is 5.97 Å². The highest BCUT2D eigenvalue weighted by atomic mass is 16.5. The molecule has 0 N–H and O–H groups in total. The fraction of sp³-hybridized carbons (Fsp3) is 0.435. The van der Waals surface area contributed by atoms with Gasteiger partial charge in [0.05, 0.1) is 30.5 Å². The van der Waals surface area contributed by atoms with Crippen LogP contribution in [0.5, 0.6) is 5.75 Å². The van der Waals surface area contributed by atoms with E-state index in [0.29, 0.717) is 13.2 Å². The average molecular weight is 383 g/mol. The van der Waals surface area contributed by atoms with Gasteiger partial charge in [-0.2, -0.15) is 10.2 Å². The van der Waals surface area contributed by atoms with E-state index in [1.165, 1.54) is 0 Å². The number of carbonyl (C=O) groups is 1. The summed E-state index contributed by atoms with van der Waals surface area (Å²) in [4.78, 5) is 11.5. The highest BCUT2D eigenvalue weighted by Gasteiger charge is 2.10. The summed E-state index contributed by atoms with van der Waals surface area (Å²) in [5.74, 6) is 0.748. The second-order valence-electron chi connectivity index (χ2n) is 6.77. The minimum Gasteiger partial charge on any atom is -0.494 e. The lowest BCUT2D eigenvalue weighted by atomic mass is 10.1. The second kappa shape index (κ2) is 12.7. The molecule has 0 radical (unpaired) electrons. The van der Waals surface area contributed by atoms with Crippen molar-refractivity contribution in [2.75, 3.05) is 13.2 Å². The van der Waals surface area contributed by atoms with Gasteiger partial charge in [0.1, 0.15) is 5.75 Å². The van der Waals surface area contributed by atoms with Crippen LogP contribution in [0, 0.1) is 5.92 Å². The highest BCUT2D eigenvalue weighted by Crippen LogP contribution is 2.21. The van der Waals surface area contributed by atoms with E-state index in [9.17, 15) is 4.79 Å². The van der Waals surface area contributed by atoms with Gasteiger partial charge in [-0.25, -0.2) is 0 Å². The number of unbranched alkanes of at least 4 members (excludes halogenated alkanes) is 3. The van der Waals surface area contributed by atoms with Crippen LogP contribution in [0.4, 0.5) is 11.4 Å². The molecule has 0 heterocycles. The van der Waals surface area contributed by atoms with Crippen molar-refractivity contribution < 1.29 is 14.3 Å². The molecule has 2 aromatic rings. The summed E-state index contributed by atoms with van der Waals surface area (Å²) in [6.45, 7) is 5.09. The van der Waals surface area contributed by atoms with Crippen LogP contribution >= 0.6 is 0 Å².